The molecule has 0 bridgehead atoms. The highest BCUT2D eigenvalue weighted by atomic mass is 19.4. The number of para-hydroxylation sites is 1. The van der Waals surface area contributed by atoms with Gasteiger partial charge in [-0.05, 0) is 47.5 Å². The number of hydrogen-bond acceptors (Lipinski definition) is 3. The van der Waals surface area contributed by atoms with Crippen molar-refractivity contribution in [3.05, 3.63) is 130 Å². The summed E-state index contributed by atoms with van der Waals surface area (Å²) >= 11 is 0. The largest absolute Gasteiger partial charge is 0.457 e. The van der Waals surface area contributed by atoms with Gasteiger partial charge < -0.3 is 15.0 Å². The van der Waals surface area contributed by atoms with Gasteiger partial charge in [0.15, 0.2) is 0 Å². The topological polar surface area (TPSA) is 71.2 Å². The van der Waals surface area contributed by atoms with Crippen LogP contribution in [0.4, 0.5) is 13.2 Å². The Bertz CT molecular complexity index is 1320. The zero-order chi connectivity index (χ0) is 24.1. The first-order valence-corrected chi connectivity index (χ1v) is 10.3. The fourth-order valence-corrected chi connectivity index (χ4v) is 3.38. The van der Waals surface area contributed by atoms with Gasteiger partial charge in [0.2, 0.25) is 0 Å². The van der Waals surface area contributed by atoms with Crippen molar-refractivity contribution in [2.24, 2.45) is 0 Å². The fraction of sp³-hybridized carbons (Fsp3) is 0.0769. The van der Waals surface area contributed by atoms with Crippen LogP contribution >= 0.6 is 0 Å². The molecule has 0 aliphatic carbocycles. The van der Waals surface area contributed by atoms with E-state index in [0.717, 1.165) is 11.6 Å². The molecule has 4 aromatic rings. The van der Waals surface area contributed by atoms with E-state index in [1.165, 1.54) is 0 Å². The maximum Gasteiger partial charge on any atom is 0.431 e. The van der Waals surface area contributed by atoms with Crippen LogP contribution in [0.5, 0.6) is 11.5 Å². The molecule has 0 aliphatic heterocycles. The van der Waals surface area contributed by atoms with Gasteiger partial charge >= 0.3 is 6.18 Å². The Morgan fingerprint density at radius 2 is 1.32 bits per heavy atom. The Morgan fingerprint density at radius 1 is 0.765 bits per heavy atom. The van der Waals surface area contributed by atoms with Crippen molar-refractivity contribution in [3.63, 3.8) is 0 Å². The van der Waals surface area contributed by atoms with E-state index in [1.807, 2.05) is 36.4 Å². The van der Waals surface area contributed by atoms with Crippen LogP contribution in [0.1, 0.15) is 33.2 Å². The number of halogens is 3. The number of alkyl halides is 3. The lowest BCUT2D eigenvalue weighted by molar-refractivity contribution is -0.141. The predicted molar refractivity (Wildman–Crippen MR) is 121 cm³/mol. The Kier molecular flexibility index (Phi) is 6.49. The molecule has 0 radical (unpaired) electrons. The number of aromatic nitrogens is 1. The molecule has 8 heteroatoms. The van der Waals surface area contributed by atoms with Gasteiger partial charge in [0.05, 0.1) is 6.04 Å². The standard InChI is InChI=1S/C26H19F3N2O3/c27-26(28,29)22-16-15-21(24(32)30-22)25(33)31-23(17-7-3-1-4-8-17)18-11-13-20(14-12-18)34-19-9-5-2-6-10-19/h1-16,23H,(H,30,32)(H,31,33). The summed E-state index contributed by atoms with van der Waals surface area (Å²) in [5, 5.41) is 2.75. The number of ether oxygens (including phenoxy) is 1. The summed E-state index contributed by atoms with van der Waals surface area (Å²) in [5.41, 5.74) is -1.33. The van der Waals surface area contributed by atoms with E-state index in [9.17, 15) is 22.8 Å². The molecular weight excluding hydrogens is 445 g/mol. The predicted octanol–water partition coefficient (Wildman–Crippen LogP) is 5.71. The lowest BCUT2D eigenvalue weighted by Gasteiger charge is -2.20. The van der Waals surface area contributed by atoms with E-state index < -0.39 is 34.9 Å². The van der Waals surface area contributed by atoms with Crippen LogP contribution in [0, 0.1) is 0 Å². The molecule has 1 aromatic heterocycles. The molecule has 0 spiro atoms. The number of amides is 1. The van der Waals surface area contributed by atoms with Crippen LogP contribution in [0.3, 0.4) is 0 Å². The first-order valence-electron chi connectivity index (χ1n) is 10.3. The van der Waals surface area contributed by atoms with Crippen molar-refractivity contribution in [2.45, 2.75) is 12.2 Å². The number of rotatable bonds is 6. The molecular formula is C26H19F3N2O3. The first kappa shape index (κ1) is 22.8. The van der Waals surface area contributed by atoms with E-state index in [1.54, 1.807) is 53.5 Å². The lowest BCUT2D eigenvalue weighted by Crippen LogP contribution is -2.34. The normalized spacial score (nSPS) is 12.1. The number of carbonyl (C=O) groups is 1. The molecule has 0 fully saturated rings. The van der Waals surface area contributed by atoms with Crippen LogP contribution in [0.15, 0.2) is 102 Å². The fourth-order valence-electron chi connectivity index (χ4n) is 3.38. The molecule has 1 amide bonds. The van der Waals surface area contributed by atoms with Crippen molar-refractivity contribution in [1.29, 1.82) is 0 Å². The molecule has 5 nitrogen and oxygen atoms in total. The average molecular weight is 464 g/mol. The minimum absolute atomic E-state index is 0.419. The summed E-state index contributed by atoms with van der Waals surface area (Å²) in [6.07, 6.45) is -4.72. The van der Waals surface area contributed by atoms with Gasteiger partial charge in [-0.15, -0.1) is 0 Å². The number of aromatic amines is 1. The molecule has 1 atom stereocenters. The Balaban J connectivity index is 1.60. The summed E-state index contributed by atoms with van der Waals surface area (Å²) in [6.45, 7) is 0. The van der Waals surface area contributed by atoms with Crippen molar-refractivity contribution in [1.82, 2.24) is 10.3 Å². The highest BCUT2D eigenvalue weighted by molar-refractivity contribution is 5.94. The molecule has 34 heavy (non-hydrogen) atoms. The lowest BCUT2D eigenvalue weighted by atomic mass is 9.98. The van der Waals surface area contributed by atoms with Gasteiger partial charge in [-0.1, -0.05) is 60.7 Å². The first-order chi connectivity index (χ1) is 16.3. The number of hydrogen-bond donors (Lipinski definition) is 2. The summed E-state index contributed by atoms with van der Waals surface area (Å²) in [7, 11) is 0. The van der Waals surface area contributed by atoms with Crippen LogP contribution in [0.2, 0.25) is 0 Å². The van der Waals surface area contributed by atoms with Crippen LogP contribution in [0.25, 0.3) is 0 Å². The quantitative estimate of drug-likeness (QED) is 0.384. The highest BCUT2D eigenvalue weighted by Gasteiger charge is 2.32. The second kappa shape index (κ2) is 9.66. The monoisotopic (exact) mass is 464 g/mol. The van der Waals surface area contributed by atoms with Gasteiger partial charge in [0.1, 0.15) is 22.8 Å². The minimum Gasteiger partial charge on any atom is -0.457 e. The SMILES string of the molecule is O=C(NC(c1ccccc1)c1ccc(Oc2ccccc2)cc1)c1ccc(C(F)(F)F)[nH]c1=O. The summed E-state index contributed by atoms with van der Waals surface area (Å²) in [4.78, 5) is 26.7. The van der Waals surface area contributed by atoms with Gasteiger partial charge in [-0.3, -0.25) is 9.59 Å². The van der Waals surface area contributed by atoms with Crippen LogP contribution in [-0.2, 0) is 6.18 Å². The third-order valence-corrected chi connectivity index (χ3v) is 5.06. The summed E-state index contributed by atoms with van der Waals surface area (Å²) < 4.78 is 44.3. The maximum atomic E-state index is 12.9. The Labute approximate surface area is 192 Å². The van der Waals surface area contributed by atoms with E-state index in [-0.39, 0.29) is 0 Å². The molecule has 172 valence electrons. The third kappa shape index (κ3) is 5.35. The third-order valence-electron chi connectivity index (χ3n) is 5.06. The number of benzene rings is 3. The number of nitrogens with one attached hydrogen (secondary N) is 2. The van der Waals surface area contributed by atoms with Crippen molar-refractivity contribution >= 4 is 5.91 Å². The van der Waals surface area contributed by atoms with E-state index in [2.05, 4.69) is 5.32 Å². The zero-order valence-electron chi connectivity index (χ0n) is 17.7. The van der Waals surface area contributed by atoms with Gasteiger partial charge in [-0.2, -0.15) is 13.2 Å². The number of H-pyrrole nitrogens is 1. The highest BCUT2D eigenvalue weighted by Crippen LogP contribution is 2.28. The second-order valence-electron chi connectivity index (χ2n) is 7.41. The minimum atomic E-state index is -4.72. The molecule has 1 unspecified atom stereocenters. The number of carbonyl (C=O) groups excluding carboxylic acids is 1. The van der Waals surface area contributed by atoms with E-state index >= 15 is 0 Å². The van der Waals surface area contributed by atoms with Crippen LogP contribution in [-0.4, -0.2) is 10.9 Å². The summed E-state index contributed by atoms with van der Waals surface area (Å²) in [6, 6.07) is 26.2. The van der Waals surface area contributed by atoms with Crippen molar-refractivity contribution < 1.29 is 22.7 Å². The summed E-state index contributed by atoms with van der Waals surface area (Å²) in [5.74, 6) is 0.463. The van der Waals surface area contributed by atoms with Gasteiger partial charge in [0, 0.05) is 0 Å². The van der Waals surface area contributed by atoms with Gasteiger partial charge in [0.25, 0.3) is 11.5 Å². The van der Waals surface area contributed by atoms with Crippen molar-refractivity contribution in [2.75, 3.05) is 0 Å². The number of pyridine rings is 1. The molecule has 2 N–H and O–H groups in total. The molecule has 4 rings (SSSR count). The average Bonchev–Trinajstić information content (AvgIpc) is 2.83. The smallest absolute Gasteiger partial charge is 0.431 e. The van der Waals surface area contributed by atoms with Crippen LogP contribution < -0.4 is 15.6 Å². The molecule has 0 aliphatic rings. The molecule has 1 heterocycles. The maximum absolute atomic E-state index is 12.9. The molecule has 0 saturated carbocycles. The van der Waals surface area contributed by atoms with Gasteiger partial charge in [-0.25, -0.2) is 0 Å². The zero-order valence-corrected chi connectivity index (χ0v) is 17.7. The van der Waals surface area contributed by atoms with Crippen molar-refractivity contribution in [3.8, 4) is 11.5 Å². The second-order valence-corrected chi connectivity index (χ2v) is 7.41. The Hall–Kier alpha value is -4.33. The van der Waals surface area contributed by atoms with E-state index in [0.29, 0.717) is 23.1 Å². The Morgan fingerprint density at radius 3 is 1.91 bits per heavy atom. The molecule has 0 saturated heterocycles. The van der Waals surface area contributed by atoms with E-state index in [4.69, 9.17) is 4.74 Å². The molecule has 3 aromatic carbocycles.